The molecule has 0 unspecified atom stereocenters. The number of aromatic amines is 1. The summed E-state index contributed by atoms with van der Waals surface area (Å²) in [6.07, 6.45) is 3.99. The van der Waals surface area contributed by atoms with Gasteiger partial charge in [-0.05, 0) is 43.5 Å². The van der Waals surface area contributed by atoms with Crippen LogP contribution >= 0.6 is 35.6 Å². The van der Waals surface area contributed by atoms with Crippen molar-refractivity contribution in [2.75, 3.05) is 0 Å². The number of hydrogen-bond acceptors (Lipinski definition) is 2. The highest BCUT2D eigenvalue weighted by atomic mass is 35.5. The van der Waals surface area contributed by atoms with Crippen molar-refractivity contribution < 1.29 is 4.74 Å². The lowest BCUT2D eigenvalue weighted by Crippen LogP contribution is -2.01. The van der Waals surface area contributed by atoms with Gasteiger partial charge in [-0.3, -0.25) is 0 Å². The van der Waals surface area contributed by atoms with Crippen LogP contribution in [0.15, 0.2) is 24.4 Å². The van der Waals surface area contributed by atoms with E-state index < -0.39 is 0 Å². The van der Waals surface area contributed by atoms with E-state index in [4.69, 9.17) is 27.9 Å². The minimum absolute atomic E-state index is 0. The lowest BCUT2D eigenvalue weighted by atomic mass is 10.0. The van der Waals surface area contributed by atoms with Gasteiger partial charge in [0.1, 0.15) is 12.1 Å². The smallest absolute Gasteiger partial charge is 0.238 e. The van der Waals surface area contributed by atoms with Gasteiger partial charge in [0, 0.05) is 32.9 Å². The van der Waals surface area contributed by atoms with E-state index in [2.05, 4.69) is 30.7 Å². The van der Waals surface area contributed by atoms with Gasteiger partial charge in [-0.15, -0.1) is 12.4 Å². The minimum atomic E-state index is 0. The molecule has 3 nitrogen and oxygen atoms in total. The van der Waals surface area contributed by atoms with E-state index >= 15 is 0 Å². The molecule has 0 fully saturated rings. The van der Waals surface area contributed by atoms with Crippen molar-refractivity contribution in [1.29, 1.82) is 0 Å². The molecule has 25 heavy (non-hydrogen) atoms. The molecular formula is C19H21Cl3N2O. The molecule has 0 aliphatic heterocycles. The molecule has 0 amide bonds. The van der Waals surface area contributed by atoms with Gasteiger partial charge in [-0.25, -0.2) is 4.98 Å². The van der Waals surface area contributed by atoms with Crippen LogP contribution in [0.3, 0.4) is 0 Å². The van der Waals surface area contributed by atoms with E-state index in [-0.39, 0.29) is 19.0 Å². The molecular weight excluding hydrogens is 379 g/mol. The minimum Gasteiger partial charge on any atom is -0.471 e. The maximum Gasteiger partial charge on any atom is 0.238 e. The molecule has 1 N–H and O–H groups in total. The summed E-state index contributed by atoms with van der Waals surface area (Å²) in [5, 5.41) is 2.41. The highest BCUT2D eigenvalue weighted by Gasteiger charge is 2.15. The summed E-state index contributed by atoms with van der Waals surface area (Å²) in [6, 6.07) is 5.44. The number of H-pyrrole nitrogens is 1. The van der Waals surface area contributed by atoms with E-state index in [0.717, 1.165) is 29.6 Å². The number of rotatable bonds is 5. The fraction of sp³-hybridized carbons (Fsp3) is 0.316. The molecule has 0 saturated heterocycles. The van der Waals surface area contributed by atoms with Crippen molar-refractivity contribution in [3.8, 4) is 5.88 Å². The normalized spacial score (nSPS) is 10.8. The SMILES string of the molecule is CCCc1cnc(OCc2c(Cl)cccc2Cl)c2[nH]c(C)c(C)c12.Cl. The number of ether oxygens (including phenoxy) is 1. The van der Waals surface area contributed by atoms with Crippen LogP contribution in [0.4, 0.5) is 0 Å². The van der Waals surface area contributed by atoms with Gasteiger partial charge in [0.15, 0.2) is 0 Å². The Morgan fingerprint density at radius 3 is 2.48 bits per heavy atom. The monoisotopic (exact) mass is 398 g/mol. The first-order valence-corrected chi connectivity index (χ1v) is 8.81. The zero-order valence-electron chi connectivity index (χ0n) is 14.5. The summed E-state index contributed by atoms with van der Waals surface area (Å²) in [5.74, 6) is 0.581. The fourth-order valence-corrected chi connectivity index (χ4v) is 3.43. The van der Waals surface area contributed by atoms with Crippen molar-refractivity contribution in [2.45, 2.75) is 40.2 Å². The molecule has 2 aromatic heterocycles. The van der Waals surface area contributed by atoms with E-state index in [0.29, 0.717) is 15.9 Å². The molecule has 1 aromatic carbocycles. The Hall–Kier alpha value is -1.42. The Morgan fingerprint density at radius 2 is 1.84 bits per heavy atom. The van der Waals surface area contributed by atoms with Gasteiger partial charge in [-0.1, -0.05) is 42.6 Å². The third-order valence-corrected chi connectivity index (χ3v) is 5.02. The first-order valence-electron chi connectivity index (χ1n) is 8.05. The predicted octanol–water partition coefficient (Wildman–Crippen LogP) is 6.44. The van der Waals surface area contributed by atoms with Crippen LogP contribution in [0.5, 0.6) is 5.88 Å². The average Bonchev–Trinajstić information content (AvgIpc) is 2.85. The maximum absolute atomic E-state index is 6.22. The van der Waals surface area contributed by atoms with E-state index in [1.165, 1.54) is 16.5 Å². The van der Waals surface area contributed by atoms with Crippen LogP contribution < -0.4 is 4.74 Å². The van der Waals surface area contributed by atoms with Gasteiger partial charge in [-0.2, -0.15) is 0 Å². The van der Waals surface area contributed by atoms with Crippen LogP contribution in [-0.4, -0.2) is 9.97 Å². The summed E-state index contributed by atoms with van der Waals surface area (Å²) in [7, 11) is 0. The third kappa shape index (κ3) is 3.89. The van der Waals surface area contributed by atoms with Gasteiger partial charge in [0.25, 0.3) is 0 Å². The van der Waals surface area contributed by atoms with Crippen molar-refractivity contribution in [3.05, 3.63) is 56.8 Å². The van der Waals surface area contributed by atoms with Crippen LogP contribution in [0, 0.1) is 13.8 Å². The topological polar surface area (TPSA) is 37.9 Å². The molecule has 6 heteroatoms. The maximum atomic E-state index is 6.22. The second kappa shape index (κ2) is 8.31. The highest BCUT2D eigenvalue weighted by Crippen LogP contribution is 2.32. The number of nitrogens with one attached hydrogen (secondary N) is 1. The zero-order chi connectivity index (χ0) is 17.3. The Morgan fingerprint density at radius 1 is 1.16 bits per heavy atom. The van der Waals surface area contributed by atoms with Gasteiger partial charge in [0.2, 0.25) is 5.88 Å². The number of nitrogens with zero attached hydrogens (tertiary/aromatic N) is 1. The summed E-state index contributed by atoms with van der Waals surface area (Å²) >= 11 is 12.4. The van der Waals surface area contributed by atoms with Crippen molar-refractivity contribution in [1.82, 2.24) is 9.97 Å². The Balaban J connectivity index is 0.00000225. The van der Waals surface area contributed by atoms with Gasteiger partial charge in [0.05, 0.1) is 0 Å². The number of aromatic nitrogens is 2. The highest BCUT2D eigenvalue weighted by molar-refractivity contribution is 6.35. The second-order valence-electron chi connectivity index (χ2n) is 5.95. The lowest BCUT2D eigenvalue weighted by molar-refractivity contribution is 0.297. The summed E-state index contributed by atoms with van der Waals surface area (Å²) in [5.41, 5.74) is 5.34. The molecule has 0 spiro atoms. The van der Waals surface area contributed by atoms with Crippen molar-refractivity contribution in [2.24, 2.45) is 0 Å². The molecule has 0 saturated carbocycles. The van der Waals surface area contributed by atoms with Gasteiger partial charge >= 0.3 is 0 Å². The second-order valence-corrected chi connectivity index (χ2v) is 6.77. The summed E-state index contributed by atoms with van der Waals surface area (Å²) in [4.78, 5) is 7.92. The summed E-state index contributed by atoms with van der Waals surface area (Å²) in [6.45, 7) is 6.65. The standard InChI is InChI=1S/C19H20Cl2N2O.ClH/c1-4-6-13-9-22-19(18-17(13)11(2)12(3)23-18)24-10-14-15(20)7-5-8-16(14)21;/h5,7-9,23H,4,6,10H2,1-3H3;1H. The molecule has 0 bridgehead atoms. The average molecular weight is 400 g/mol. The van der Waals surface area contributed by atoms with E-state index in [1.807, 2.05) is 24.4 Å². The van der Waals surface area contributed by atoms with Crippen molar-refractivity contribution in [3.63, 3.8) is 0 Å². The number of aryl methyl sites for hydroxylation is 3. The van der Waals surface area contributed by atoms with Crippen LogP contribution in [0.2, 0.25) is 10.0 Å². The number of pyridine rings is 1. The van der Waals surface area contributed by atoms with E-state index in [9.17, 15) is 0 Å². The molecule has 0 atom stereocenters. The largest absolute Gasteiger partial charge is 0.471 e. The predicted molar refractivity (Wildman–Crippen MR) is 108 cm³/mol. The first kappa shape index (κ1) is 19.9. The number of hydrogen-bond donors (Lipinski definition) is 1. The summed E-state index contributed by atoms with van der Waals surface area (Å²) < 4.78 is 5.96. The quantitative estimate of drug-likeness (QED) is 0.536. The van der Waals surface area contributed by atoms with Crippen LogP contribution in [-0.2, 0) is 13.0 Å². The Kier molecular flexibility index (Phi) is 6.61. The third-order valence-electron chi connectivity index (χ3n) is 4.31. The van der Waals surface area contributed by atoms with Gasteiger partial charge < -0.3 is 9.72 Å². The molecule has 0 aliphatic carbocycles. The van der Waals surface area contributed by atoms with E-state index in [1.54, 1.807) is 0 Å². The van der Waals surface area contributed by atoms with Crippen LogP contribution in [0.25, 0.3) is 10.9 Å². The van der Waals surface area contributed by atoms with Crippen molar-refractivity contribution >= 4 is 46.5 Å². The first-order chi connectivity index (χ1) is 11.5. The van der Waals surface area contributed by atoms with Crippen LogP contribution in [0.1, 0.15) is 35.7 Å². The number of fused-ring (bicyclic) bond motifs is 1. The lowest BCUT2D eigenvalue weighted by Gasteiger charge is -2.11. The molecule has 0 radical (unpaired) electrons. The Labute approximate surface area is 164 Å². The molecule has 134 valence electrons. The number of benzene rings is 1. The molecule has 3 aromatic rings. The molecule has 2 heterocycles. The zero-order valence-corrected chi connectivity index (χ0v) is 16.8. The Bertz CT molecular complexity index is 870. The molecule has 0 aliphatic rings. The fourth-order valence-electron chi connectivity index (χ4n) is 2.93. The molecule has 3 rings (SSSR count). The number of halogens is 3.